The second kappa shape index (κ2) is 13.2. The van der Waals surface area contributed by atoms with Crippen molar-refractivity contribution in [1.82, 2.24) is 0 Å². The van der Waals surface area contributed by atoms with Crippen molar-refractivity contribution in [3.63, 3.8) is 0 Å². The van der Waals surface area contributed by atoms with Crippen molar-refractivity contribution in [1.29, 1.82) is 0 Å². The second-order valence-corrected chi connectivity index (χ2v) is 11.9. The third-order valence-electron chi connectivity index (χ3n) is 8.97. The summed E-state index contributed by atoms with van der Waals surface area (Å²) < 4.78 is 11.7. The highest BCUT2D eigenvalue weighted by molar-refractivity contribution is 5.80. The number of hydrogen-bond acceptors (Lipinski definition) is 7. The summed E-state index contributed by atoms with van der Waals surface area (Å²) >= 11 is 0. The summed E-state index contributed by atoms with van der Waals surface area (Å²) in [6, 6.07) is 0. The number of esters is 2. The Kier molecular flexibility index (Phi) is 11.2. The molecule has 6 atom stereocenters. The van der Waals surface area contributed by atoms with Gasteiger partial charge in [-0.3, -0.25) is 9.59 Å². The van der Waals surface area contributed by atoms with Gasteiger partial charge >= 0.3 is 17.9 Å². The molecule has 0 heterocycles. The zero-order valence-corrected chi connectivity index (χ0v) is 23.9. The Morgan fingerprint density at radius 3 is 2.26 bits per heavy atom. The predicted molar refractivity (Wildman–Crippen MR) is 144 cm³/mol. The third kappa shape index (κ3) is 6.87. The van der Waals surface area contributed by atoms with Crippen molar-refractivity contribution < 1.29 is 39.2 Å². The van der Waals surface area contributed by atoms with Crippen LogP contribution in [0.5, 0.6) is 0 Å². The molecule has 2 rings (SSSR count). The molecule has 0 radical (unpaired) electrons. The van der Waals surface area contributed by atoms with E-state index in [0.717, 1.165) is 18.9 Å². The first-order chi connectivity index (χ1) is 17.7. The molecule has 0 aromatic rings. The van der Waals surface area contributed by atoms with Gasteiger partial charge in [0.2, 0.25) is 0 Å². The van der Waals surface area contributed by atoms with Crippen LogP contribution in [0.3, 0.4) is 0 Å². The molecule has 0 aromatic heterocycles. The molecule has 38 heavy (non-hydrogen) atoms. The molecule has 0 amide bonds. The van der Waals surface area contributed by atoms with Crippen molar-refractivity contribution in [3.05, 3.63) is 23.8 Å². The number of carboxylic acids is 1. The predicted octanol–water partition coefficient (Wildman–Crippen LogP) is 5.11. The van der Waals surface area contributed by atoms with Crippen LogP contribution in [0.1, 0.15) is 105 Å². The molecule has 216 valence electrons. The molecule has 2 saturated carbocycles. The van der Waals surface area contributed by atoms with Gasteiger partial charge in [0.05, 0.1) is 11.7 Å². The lowest BCUT2D eigenvalue weighted by Gasteiger charge is -2.64. The van der Waals surface area contributed by atoms with Gasteiger partial charge in [0.1, 0.15) is 12.7 Å². The fourth-order valence-electron chi connectivity index (χ4n) is 6.78. The fraction of sp³-hybridized carbons (Fsp3) is 0.767. The van der Waals surface area contributed by atoms with Crippen LogP contribution < -0.4 is 0 Å². The number of carboxylic acid groups (broad SMARTS) is 1. The number of allylic oxidation sites excluding steroid dienone is 1. The highest BCUT2D eigenvalue weighted by Gasteiger charge is 2.67. The molecule has 0 aliphatic heterocycles. The van der Waals surface area contributed by atoms with Gasteiger partial charge in [0.25, 0.3) is 0 Å². The number of aliphatic carboxylic acids is 1. The van der Waals surface area contributed by atoms with Gasteiger partial charge in [0.15, 0.2) is 0 Å². The normalized spacial score (nSPS) is 33.4. The summed E-state index contributed by atoms with van der Waals surface area (Å²) in [7, 11) is 0. The molecule has 0 spiro atoms. The van der Waals surface area contributed by atoms with Crippen molar-refractivity contribution in [3.8, 4) is 0 Å². The molecule has 0 bridgehead atoms. The van der Waals surface area contributed by atoms with Crippen LogP contribution in [0.15, 0.2) is 23.8 Å². The lowest BCUT2D eigenvalue weighted by molar-refractivity contribution is -0.242. The quantitative estimate of drug-likeness (QED) is 0.168. The van der Waals surface area contributed by atoms with Crippen LogP contribution in [0.2, 0.25) is 0 Å². The molecule has 2 aliphatic carbocycles. The number of unbranched alkanes of at least 4 members (excludes halogenated alkanes) is 2. The largest absolute Gasteiger partial charge is 0.478 e. The Hall–Kier alpha value is -2.19. The highest BCUT2D eigenvalue weighted by atomic mass is 16.6. The summed E-state index contributed by atoms with van der Waals surface area (Å²) in [5.41, 5.74) is -2.09. The lowest BCUT2D eigenvalue weighted by atomic mass is 9.43. The SMILES string of the molecule is C=C1C[C@@H](O)[C@H]2[C@@](C)(COC(=O)CCCC)[C@H](OC(=O)CCCC)CC[C@]2(C)[C@@]1(O)CC/C(C)=C/C(=O)O. The van der Waals surface area contributed by atoms with Crippen molar-refractivity contribution in [2.75, 3.05) is 6.61 Å². The molecular formula is C30H48O8. The number of aliphatic hydroxyl groups is 2. The van der Waals surface area contributed by atoms with Gasteiger partial charge in [0, 0.05) is 35.7 Å². The molecule has 2 aliphatic rings. The minimum Gasteiger partial charge on any atom is -0.478 e. The summed E-state index contributed by atoms with van der Waals surface area (Å²) in [4.78, 5) is 36.3. The zero-order chi connectivity index (χ0) is 28.7. The highest BCUT2D eigenvalue weighted by Crippen LogP contribution is 2.64. The van der Waals surface area contributed by atoms with E-state index in [9.17, 15) is 24.6 Å². The number of hydrogen-bond donors (Lipinski definition) is 3. The number of rotatable bonds is 13. The fourth-order valence-corrected chi connectivity index (χ4v) is 6.78. The maximum atomic E-state index is 12.7. The number of aliphatic hydroxyl groups excluding tert-OH is 1. The van der Waals surface area contributed by atoms with Gasteiger partial charge in [-0.25, -0.2) is 4.79 Å². The average molecular weight is 537 g/mol. The second-order valence-electron chi connectivity index (χ2n) is 11.9. The number of carbonyl (C=O) groups excluding carboxylic acids is 2. The van der Waals surface area contributed by atoms with Gasteiger partial charge in [-0.15, -0.1) is 0 Å². The van der Waals surface area contributed by atoms with E-state index in [1.54, 1.807) is 6.92 Å². The van der Waals surface area contributed by atoms with Crippen LogP contribution in [0.25, 0.3) is 0 Å². The van der Waals surface area contributed by atoms with Crippen LogP contribution in [0, 0.1) is 16.7 Å². The van der Waals surface area contributed by atoms with E-state index >= 15 is 0 Å². The van der Waals surface area contributed by atoms with Crippen molar-refractivity contribution >= 4 is 17.9 Å². The van der Waals surface area contributed by atoms with Crippen LogP contribution >= 0.6 is 0 Å². The van der Waals surface area contributed by atoms with Crippen molar-refractivity contribution in [2.45, 2.75) is 123 Å². The molecule has 0 aromatic carbocycles. The van der Waals surface area contributed by atoms with Gasteiger partial charge in [-0.2, -0.15) is 0 Å². The summed E-state index contributed by atoms with van der Waals surface area (Å²) in [6.45, 7) is 13.6. The Balaban J connectivity index is 2.46. The molecule has 8 heteroatoms. The standard InChI is InChI=1S/C30H48O8/c1-7-9-11-25(34)37-19-28(5)23(38-26(35)12-10-8-2)14-15-29(6)27(28)22(31)18-21(4)30(29,36)16-13-20(3)17-24(32)33/h17,22-23,27,31,36H,4,7-16,18-19H2,1-3,5-6H3,(H,32,33)/b20-17+/t22-,23-,27+,28+,29+,30-/m1/s1. The monoisotopic (exact) mass is 536 g/mol. The van der Waals surface area contributed by atoms with Crippen LogP contribution in [0.4, 0.5) is 0 Å². The Morgan fingerprint density at radius 1 is 1.08 bits per heavy atom. The van der Waals surface area contributed by atoms with E-state index in [4.69, 9.17) is 14.6 Å². The number of carbonyl (C=O) groups is 3. The van der Waals surface area contributed by atoms with E-state index in [2.05, 4.69) is 6.58 Å². The van der Waals surface area contributed by atoms with E-state index < -0.39 is 40.5 Å². The molecule has 8 nitrogen and oxygen atoms in total. The van der Waals surface area contributed by atoms with Gasteiger partial charge in [-0.1, -0.05) is 52.7 Å². The third-order valence-corrected chi connectivity index (χ3v) is 8.97. The molecule has 3 N–H and O–H groups in total. The number of ether oxygens (including phenoxy) is 2. The molecule has 2 fully saturated rings. The number of fused-ring (bicyclic) bond motifs is 1. The summed E-state index contributed by atoms with van der Waals surface area (Å²) in [5.74, 6) is -2.26. The van der Waals surface area contributed by atoms with Gasteiger partial charge < -0.3 is 24.8 Å². The van der Waals surface area contributed by atoms with E-state index in [1.807, 2.05) is 27.7 Å². The maximum absolute atomic E-state index is 12.7. The first-order valence-corrected chi connectivity index (χ1v) is 14.1. The topological polar surface area (TPSA) is 130 Å². The summed E-state index contributed by atoms with van der Waals surface area (Å²) in [5, 5.41) is 32.8. The first-order valence-electron chi connectivity index (χ1n) is 14.1. The molecule has 0 saturated heterocycles. The maximum Gasteiger partial charge on any atom is 0.328 e. The van der Waals surface area contributed by atoms with E-state index in [1.165, 1.54) is 0 Å². The lowest BCUT2D eigenvalue weighted by Crippen LogP contribution is -2.68. The van der Waals surface area contributed by atoms with Crippen LogP contribution in [-0.2, 0) is 23.9 Å². The zero-order valence-electron chi connectivity index (χ0n) is 23.9. The van der Waals surface area contributed by atoms with E-state index in [0.29, 0.717) is 49.7 Å². The van der Waals surface area contributed by atoms with Gasteiger partial charge in [-0.05, 0) is 57.4 Å². The Labute approximate surface area is 227 Å². The minimum absolute atomic E-state index is 0.0426. The Morgan fingerprint density at radius 2 is 1.68 bits per heavy atom. The first kappa shape index (κ1) is 32.0. The minimum atomic E-state index is -1.39. The van der Waals surface area contributed by atoms with Crippen LogP contribution in [-0.4, -0.2) is 57.6 Å². The molecule has 0 unspecified atom stereocenters. The molecular weight excluding hydrogens is 488 g/mol. The summed E-state index contributed by atoms with van der Waals surface area (Å²) in [6.07, 6.45) is 4.98. The Bertz CT molecular complexity index is 910. The van der Waals surface area contributed by atoms with Crippen molar-refractivity contribution in [2.24, 2.45) is 16.7 Å². The van der Waals surface area contributed by atoms with E-state index in [-0.39, 0.29) is 37.8 Å². The smallest absolute Gasteiger partial charge is 0.328 e. The average Bonchev–Trinajstić information content (AvgIpc) is 2.84.